The molecule has 1 amide bonds. The Hall–Kier alpha value is -0.830. The molecule has 3 heteroatoms. The summed E-state index contributed by atoms with van der Waals surface area (Å²) in [4.78, 5) is 10.7. The maximum atomic E-state index is 10.7. The molecule has 9 heavy (non-hydrogen) atoms. The smallest absolute Gasteiger partial charge is 0.249 e. The largest absolute Gasteiger partial charge is 0.368 e. The molecule has 0 saturated carbocycles. The van der Waals surface area contributed by atoms with E-state index in [2.05, 4.69) is 5.32 Å². The molecule has 0 spiro atoms. The zero-order valence-electron chi connectivity index (χ0n) is 5.43. The number of aliphatic hydroxyl groups is 1. The van der Waals surface area contributed by atoms with E-state index in [0.29, 0.717) is 5.57 Å². The quantitative estimate of drug-likeness (QED) is 0.472. The van der Waals surface area contributed by atoms with Gasteiger partial charge in [0.05, 0.1) is 0 Å². The van der Waals surface area contributed by atoms with Gasteiger partial charge in [-0.15, -0.1) is 0 Å². The number of amides is 1. The SMILES string of the molecule is CC1=CC(C)(O)NC1=O. The zero-order valence-corrected chi connectivity index (χ0v) is 5.43. The van der Waals surface area contributed by atoms with E-state index < -0.39 is 5.72 Å². The highest BCUT2D eigenvalue weighted by Crippen LogP contribution is 2.12. The Morgan fingerprint density at radius 2 is 2.33 bits per heavy atom. The van der Waals surface area contributed by atoms with Crippen molar-refractivity contribution in [1.29, 1.82) is 0 Å². The van der Waals surface area contributed by atoms with Crippen molar-refractivity contribution in [1.82, 2.24) is 5.32 Å². The van der Waals surface area contributed by atoms with Crippen LogP contribution < -0.4 is 5.32 Å². The summed E-state index contributed by atoms with van der Waals surface area (Å²) < 4.78 is 0. The molecule has 0 aromatic carbocycles. The molecule has 1 atom stereocenters. The van der Waals surface area contributed by atoms with E-state index in [-0.39, 0.29) is 5.91 Å². The molecule has 0 aromatic heterocycles. The van der Waals surface area contributed by atoms with Crippen molar-refractivity contribution in [3.63, 3.8) is 0 Å². The number of hydrogen-bond donors (Lipinski definition) is 2. The van der Waals surface area contributed by atoms with Gasteiger partial charge in [-0.2, -0.15) is 0 Å². The Labute approximate surface area is 53.4 Å². The lowest BCUT2D eigenvalue weighted by molar-refractivity contribution is -0.120. The van der Waals surface area contributed by atoms with Crippen LogP contribution in [0.25, 0.3) is 0 Å². The fourth-order valence-electron chi connectivity index (χ4n) is 0.852. The lowest BCUT2D eigenvalue weighted by Gasteiger charge is -2.12. The van der Waals surface area contributed by atoms with E-state index in [4.69, 9.17) is 5.11 Å². The highest BCUT2D eigenvalue weighted by atomic mass is 16.3. The van der Waals surface area contributed by atoms with Gasteiger partial charge < -0.3 is 10.4 Å². The maximum Gasteiger partial charge on any atom is 0.249 e. The average Bonchev–Trinajstić information content (AvgIpc) is 1.79. The van der Waals surface area contributed by atoms with Crippen LogP contribution in [0.2, 0.25) is 0 Å². The summed E-state index contributed by atoms with van der Waals surface area (Å²) >= 11 is 0. The standard InChI is InChI=1S/C6H9NO2/c1-4-3-6(2,9)7-5(4)8/h3,9H,1-2H3,(H,7,8). The molecule has 1 aliphatic heterocycles. The van der Waals surface area contributed by atoms with Gasteiger partial charge in [-0.3, -0.25) is 4.79 Å². The number of rotatable bonds is 0. The average molecular weight is 127 g/mol. The Bertz CT molecular complexity index is 181. The molecule has 2 N–H and O–H groups in total. The van der Waals surface area contributed by atoms with Crippen LogP contribution in [0.5, 0.6) is 0 Å². The molecule has 0 bridgehead atoms. The van der Waals surface area contributed by atoms with Gasteiger partial charge in [0.15, 0.2) is 5.72 Å². The van der Waals surface area contributed by atoms with E-state index in [1.165, 1.54) is 13.0 Å². The second-order valence-corrected chi connectivity index (χ2v) is 2.43. The molecule has 0 aromatic rings. The molecular weight excluding hydrogens is 118 g/mol. The number of hydrogen-bond acceptors (Lipinski definition) is 2. The van der Waals surface area contributed by atoms with E-state index in [0.717, 1.165) is 0 Å². The van der Waals surface area contributed by atoms with E-state index in [9.17, 15) is 4.79 Å². The monoisotopic (exact) mass is 127 g/mol. The minimum absolute atomic E-state index is 0.194. The van der Waals surface area contributed by atoms with Gasteiger partial charge in [-0.25, -0.2) is 0 Å². The maximum absolute atomic E-state index is 10.7. The topological polar surface area (TPSA) is 49.3 Å². The Balaban J connectivity index is 2.86. The van der Waals surface area contributed by atoms with Gasteiger partial charge in [0, 0.05) is 5.57 Å². The summed E-state index contributed by atoms with van der Waals surface area (Å²) in [6.45, 7) is 3.19. The normalized spacial score (nSPS) is 34.1. The molecule has 1 aliphatic rings. The summed E-state index contributed by atoms with van der Waals surface area (Å²) in [5.41, 5.74) is -0.554. The summed E-state index contributed by atoms with van der Waals surface area (Å²) in [7, 11) is 0. The number of carbonyl (C=O) groups excluding carboxylic acids is 1. The Morgan fingerprint density at radius 1 is 1.78 bits per heavy atom. The van der Waals surface area contributed by atoms with Crippen LogP contribution in [-0.2, 0) is 4.79 Å². The highest BCUT2D eigenvalue weighted by molar-refractivity contribution is 5.96. The highest BCUT2D eigenvalue weighted by Gasteiger charge is 2.27. The molecule has 0 fully saturated rings. The third kappa shape index (κ3) is 1.10. The first kappa shape index (κ1) is 6.29. The van der Waals surface area contributed by atoms with Crippen molar-refractivity contribution < 1.29 is 9.90 Å². The predicted molar refractivity (Wildman–Crippen MR) is 32.5 cm³/mol. The number of nitrogens with one attached hydrogen (secondary N) is 1. The van der Waals surface area contributed by atoms with Crippen molar-refractivity contribution in [2.45, 2.75) is 19.6 Å². The molecule has 0 aliphatic carbocycles. The van der Waals surface area contributed by atoms with Crippen molar-refractivity contribution in [3.8, 4) is 0 Å². The summed E-state index contributed by atoms with van der Waals surface area (Å²) in [6, 6.07) is 0. The lowest BCUT2D eigenvalue weighted by atomic mass is 10.2. The molecule has 50 valence electrons. The van der Waals surface area contributed by atoms with Crippen LogP contribution in [0.15, 0.2) is 11.6 Å². The summed E-state index contributed by atoms with van der Waals surface area (Å²) in [5, 5.41) is 11.5. The van der Waals surface area contributed by atoms with Gasteiger partial charge in [0.25, 0.3) is 0 Å². The van der Waals surface area contributed by atoms with Crippen molar-refractivity contribution >= 4 is 5.91 Å². The van der Waals surface area contributed by atoms with Crippen LogP contribution in [0.4, 0.5) is 0 Å². The molecule has 0 radical (unpaired) electrons. The van der Waals surface area contributed by atoms with E-state index in [1.54, 1.807) is 6.92 Å². The van der Waals surface area contributed by atoms with Crippen LogP contribution in [0.3, 0.4) is 0 Å². The second-order valence-electron chi connectivity index (χ2n) is 2.43. The van der Waals surface area contributed by atoms with Gasteiger partial charge in [0.1, 0.15) is 0 Å². The van der Waals surface area contributed by atoms with Crippen molar-refractivity contribution in [2.24, 2.45) is 0 Å². The fraction of sp³-hybridized carbons (Fsp3) is 0.500. The first-order valence-electron chi connectivity index (χ1n) is 2.76. The third-order valence-corrected chi connectivity index (χ3v) is 1.22. The molecule has 1 unspecified atom stereocenters. The number of carbonyl (C=O) groups is 1. The molecular formula is C6H9NO2. The minimum Gasteiger partial charge on any atom is -0.368 e. The molecule has 0 saturated heterocycles. The van der Waals surface area contributed by atoms with Gasteiger partial charge in [0.2, 0.25) is 5.91 Å². The molecule has 1 heterocycles. The van der Waals surface area contributed by atoms with Crippen LogP contribution in [0.1, 0.15) is 13.8 Å². The predicted octanol–water partition coefficient (Wildman–Crippen LogP) is -0.229. The molecule has 1 rings (SSSR count). The van der Waals surface area contributed by atoms with Gasteiger partial charge in [-0.1, -0.05) is 0 Å². The summed E-state index contributed by atoms with van der Waals surface area (Å²) in [6.07, 6.45) is 1.50. The van der Waals surface area contributed by atoms with Gasteiger partial charge in [-0.05, 0) is 19.9 Å². The zero-order chi connectivity index (χ0) is 7.07. The Morgan fingerprint density at radius 3 is 2.44 bits per heavy atom. The molecule has 3 nitrogen and oxygen atoms in total. The van der Waals surface area contributed by atoms with Crippen LogP contribution >= 0.6 is 0 Å². The van der Waals surface area contributed by atoms with Crippen molar-refractivity contribution in [2.75, 3.05) is 0 Å². The van der Waals surface area contributed by atoms with E-state index >= 15 is 0 Å². The first-order valence-corrected chi connectivity index (χ1v) is 2.76. The second kappa shape index (κ2) is 1.57. The fourth-order valence-corrected chi connectivity index (χ4v) is 0.852. The van der Waals surface area contributed by atoms with Crippen LogP contribution in [-0.4, -0.2) is 16.7 Å². The van der Waals surface area contributed by atoms with Crippen LogP contribution in [0, 0.1) is 0 Å². The van der Waals surface area contributed by atoms with E-state index in [1.807, 2.05) is 0 Å². The minimum atomic E-state index is -1.12. The lowest BCUT2D eigenvalue weighted by Crippen LogP contribution is -2.38. The summed E-state index contributed by atoms with van der Waals surface area (Å²) in [5.74, 6) is -0.194. The van der Waals surface area contributed by atoms with Gasteiger partial charge >= 0.3 is 0 Å². The van der Waals surface area contributed by atoms with Crippen molar-refractivity contribution in [3.05, 3.63) is 11.6 Å². The third-order valence-electron chi connectivity index (χ3n) is 1.22. The first-order chi connectivity index (χ1) is 4.01. The Kier molecular flexibility index (Phi) is 1.10.